The van der Waals surface area contributed by atoms with Crippen LogP contribution in [0.1, 0.15) is 33.4 Å². The standard InChI is InChI=1S/C11H21N5O/c1-8(10(17)14-11(2,3)4)12-6-9-7-13-15-16(9)5/h7-8,12H,6H2,1-5H3,(H,14,17). The van der Waals surface area contributed by atoms with Gasteiger partial charge in [0.15, 0.2) is 0 Å². The van der Waals surface area contributed by atoms with Gasteiger partial charge in [0, 0.05) is 19.1 Å². The van der Waals surface area contributed by atoms with Crippen molar-refractivity contribution in [1.29, 1.82) is 0 Å². The minimum atomic E-state index is -0.246. The molecule has 1 amide bonds. The topological polar surface area (TPSA) is 71.8 Å². The zero-order valence-electron chi connectivity index (χ0n) is 11.1. The fourth-order valence-electron chi connectivity index (χ4n) is 1.30. The highest BCUT2D eigenvalue weighted by Crippen LogP contribution is 2.00. The van der Waals surface area contributed by atoms with Gasteiger partial charge in [-0.15, -0.1) is 5.10 Å². The van der Waals surface area contributed by atoms with Crippen LogP contribution >= 0.6 is 0 Å². The molecule has 1 heterocycles. The van der Waals surface area contributed by atoms with E-state index >= 15 is 0 Å². The van der Waals surface area contributed by atoms with Crippen LogP contribution in [0.25, 0.3) is 0 Å². The molecule has 96 valence electrons. The molecule has 1 aromatic rings. The van der Waals surface area contributed by atoms with Crippen LogP contribution in [-0.4, -0.2) is 32.5 Å². The fraction of sp³-hybridized carbons (Fsp3) is 0.727. The lowest BCUT2D eigenvalue weighted by Gasteiger charge is -2.23. The zero-order chi connectivity index (χ0) is 13.1. The Labute approximate surface area is 102 Å². The minimum Gasteiger partial charge on any atom is -0.350 e. The van der Waals surface area contributed by atoms with Gasteiger partial charge in [-0.1, -0.05) is 5.21 Å². The van der Waals surface area contributed by atoms with Gasteiger partial charge in [0.1, 0.15) is 0 Å². The van der Waals surface area contributed by atoms with Gasteiger partial charge in [0.25, 0.3) is 0 Å². The fourth-order valence-corrected chi connectivity index (χ4v) is 1.30. The van der Waals surface area contributed by atoms with Crippen LogP contribution in [0.15, 0.2) is 6.20 Å². The minimum absolute atomic E-state index is 0.00683. The summed E-state index contributed by atoms with van der Waals surface area (Å²) in [6.07, 6.45) is 1.68. The van der Waals surface area contributed by atoms with E-state index in [9.17, 15) is 4.79 Å². The molecule has 1 atom stereocenters. The first-order chi connectivity index (χ1) is 7.79. The number of carbonyl (C=O) groups excluding carboxylic acids is 1. The van der Waals surface area contributed by atoms with E-state index in [0.29, 0.717) is 6.54 Å². The van der Waals surface area contributed by atoms with Crippen LogP contribution in [0.2, 0.25) is 0 Å². The number of aryl methyl sites for hydroxylation is 1. The van der Waals surface area contributed by atoms with Crippen molar-refractivity contribution < 1.29 is 4.79 Å². The van der Waals surface area contributed by atoms with Crippen LogP contribution in [-0.2, 0) is 18.4 Å². The molecule has 0 fully saturated rings. The number of rotatable bonds is 4. The van der Waals surface area contributed by atoms with Crippen LogP contribution in [0.4, 0.5) is 0 Å². The van der Waals surface area contributed by atoms with E-state index < -0.39 is 0 Å². The Morgan fingerprint density at radius 2 is 2.18 bits per heavy atom. The first-order valence-corrected chi connectivity index (χ1v) is 5.68. The number of nitrogens with zero attached hydrogens (tertiary/aromatic N) is 3. The Morgan fingerprint density at radius 1 is 1.53 bits per heavy atom. The predicted octanol–water partition coefficient (Wildman–Crippen LogP) is 0.208. The van der Waals surface area contributed by atoms with Crippen molar-refractivity contribution in [3.05, 3.63) is 11.9 Å². The van der Waals surface area contributed by atoms with E-state index in [4.69, 9.17) is 0 Å². The lowest BCUT2D eigenvalue weighted by molar-refractivity contribution is -0.124. The summed E-state index contributed by atoms with van der Waals surface area (Å²) in [5, 5.41) is 13.7. The van der Waals surface area contributed by atoms with Gasteiger partial charge in [-0.25, -0.2) is 0 Å². The normalized spacial score (nSPS) is 13.5. The second-order valence-electron chi connectivity index (χ2n) is 5.19. The third-order valence-electron chi connectivity index (χ3n) is 2.29. The number of hydrogen-bond acceptors (Lipinski definition) is 4. The first-order valence-electron chi connectivity index (χ1n) is 5.68. The van der Waals surface area contributed by atoms with E-state index in [1.54, 1.807) is 10.9 Å². The summed E-state index contributed by atoms with van der Waals surface area (Å²) >= 11 is 0. The third-order valence-corrected chi connectivity index (χ3v) is 2.29. The van der Waals surface area contributed by atoms with Crippen molar-refractivity contribution in [1.82, 2.24) is 25.6 Å². The molecule has 2 N–H and O–H groups in total. The molecule has 1 rings (SSSR count). The largest absolute Gasteiger partial charge is 0.350 e. The summed E-state index contributed by atoms with van der Waals surface area (Å²) < 4.78 is 1.68. The Balaban J connectivity index is 2.42. The summed E-state index contributed by atoms with van der Waals surface area (Å²) in [6, 6.07) is -0.246. The molecule has 17 heavy (non-hydrogen) atoms. The first kappa shape index (κ1) is 13.6. The molecule has 1 unspecified atom stereocenters. The van der Waals surface area contributed by atoms with Gasteiger partial charge in [-0.3, -0.25) is 9.48 Å². The summed E-state index contributed by atoms with van der Waals surface area (Å²) in [5.74, 6) is -0.00683. The predicted molar refractivity (Wildman–Crippen MR) is 65.2 cm³/mol. The van der Waals surface area contributed by atoms with Crippen LogP contribution < -0.4 is 10.6 Å². The summed E-state index contributed by atoms with van der Waals surface area (Å²) in [7, 11) is 1.82. The van der Waals surface area contributed by atoms with E-state index in [1.807, 2.05) is 34.7 Å². The highest BCUT2D eigenvalue weighted by molar-refractivity contribution is 5.81. The average molecular weight is 239 g/mol. The molecule has 0 aliphatic carbocycles. The quantitative estimate of drug-likeness (QED) is 0.788. The maximum atomic E-state index is 11.8. The zero-order valence-corrected chi connectivity index (χ0v) is 11.1. The second-order valence-corrected chi connectivity index (χ2v) is 5.19. The lowest BCUT2D eigenvalue weighted by atomic mass is 10.1. The maximum absolute atomic E-state index is 11.8. The Hall–Kier alpha value is -1.43. The number of nitrogens with one attached hydrogen (secondary N) is 2. The van der Waals surface area contributed by atoms with Crippen molar-refractivity contribution in [3.63, 3.8) is 0 Å². The number of amides is 1. The lowest BCUT2D eigenvalue weighted by Crippen LogP contribution is -2.49. The summed E-state index contributed by atoms with van der Waals surface area (Å²) in [6.45, 7) is 8.29. The molecule has 0 saturated heterocycles. The second kappa shape index (κ2) is 5.27. The maximum Gasteiger partial charge on any atom is 0.237 e. The van der Waals surface area contributed by atoms with Gasteiger partial charge in [-0.2, -0.15) is 0 Å². The van der Waals surface area contributed by atoms with Crippen molar-refractivity contribution in [3.8, 4) is 0 Å². The van der Waals surface area contributed by atoms with Crippen molar-refractivity contribution in [2.75, 3.05) is 0 Å². The number of carbonyl (C=O) groups is 1. The number of hydrogen-bond donors (Lipinski definition) is 2. The van der Waals surface area contributed by atoms with Gasteiger partial charge < -0.3 is 10.6 Å². The van der Waals surface area contributed by atoms with Gasteiger partial charge in [0.2, 0.25) is 5.91 Å². The van der Waals surface area contributed by atoms with Gasteiger partial charge in [0.05, 0.1) is 17.9 Å². The van der Waals surface area contributed by atoms with E-state index in [0.717, 1.165) is 5.69 Å². The van der Waals surface area contributed by atoms with Crippen LogP contribution in [0.3, 0.4) is 0 Å². The Morgan fingerprint density at radius 3 is 2.65 bits per heavy atom. The van der Waals surface area contributed by atoms with E-state index in [2.05, 4.69) is 20.9 Å². The Bertz CT molecular complexity index is 379. The van der Waals surface area contributed by atoms with Crippen LogP contribution in [0.5, 0.6) is 0 Å². The SMILES string of the molecule is CC(NCc1cnnn1C)C(=O)NC(C)(C)C. The van der Waals surface area contributed by atoms with E-state index in [1.165, 1.54) is 0 Å². The monoisotopic (exact) mass is 239 g/mol. The molecule has 0 spiro atoms. The van der Waals surface area contributed by atoms with Crippen molar-refractivity contribution >= 4 is 5.91 Å². The molecule has 6 heteroatoms. The highest BCUT2D eigenvalue weighted by atomic mass is 16.2. The van der Waals surface area contributed by atoms with Crippen LogP contribution in [0, 0.1) is 0 Å². The molecule has 0 aliphatic heterocycles. The molecule has 0 aromatic carbocycles. The molecule has 1 aromatic heterocycles. The molecule has 0 aliphatic rings. The van der Waals surface area contributed by atoms with Crippen molar-refractivity contribution in [2.45, 2.75) is 45.8 Å². The average Bonchev–Trinajstić information content (AvgIpc) is 2.57. The van der Waals surface area contributed by atoms with Crippen molar-refractivity contribution in [2.24, 2.45) is 7.05 Å². The third kappa shape index (κ3) is 4.52. The molecular weight excluding hydrogens is 218 g/mol. The highest BCUT2D eigenvalue weighted by Gasteiger charge is 2.18. The molecular formula is C11H21N5O. The molecule has 0 radical (unpaired) electrons. The Kier molecular flexibility index (Phi) is 4.22. The van der Waals surface area contributed by atoms with Gasteiger partial charge in [-0.05, 0) is 27.7 Å². The molecule has 0 bridgehead atoms. The van der Waals surface area contributed by atoms with Gasteiger partial charge >= 0.3 is 0 Å². The molecule has 6 nitrogen and oxygen atoms in total. The summed E-state index contributed by atoms with van der Waals surface area (Å²) in [4.78, 5) is 11.8. The molecule has 0 saturated carbocycles. The smallest absolute Gasteiger partial charge is 0.237 e. The number of aromatic nitrogens is 3. The summed E-state index contributed by atoms with van der Waals surface area (Å²) in [5.41, 5.74) is 0.738. The van der Waals surface area contributed by atoms with E-state index in [-0.39, 0.29) is 17.5 Å².